The fraction of sp³-hybridized carbons (Fsp3) is 0.219. The van der Waals surface area contributed by atoms with Gasteiger partial charge in [-0.1, -0.05) is 86.9 Å². The maximum Gasteiger partial charge on any atom is 0.146 e. The lowest BCUT2D eigenvalue weighted by molar-refractivity contribution is 0.632. The van der Waals surface area contributed by atoms with Gasteiger partial charge in [-0.3, -0.25) is 0 Å². The highest BCUT2D eigenvalue weighted by molar-refractivity contribution is 5.89. The van der Waals surface area contributed by atoms with Gasteiger partial charge in [-0.2, -0.15) is 5.26 Å². The molecule has 0 fully saturated rings. The molecule has 0 saturated carbocycles. The third-order valence-electron chi connectivity index (χ3n) is 6.17. The van der Waals surface area contributed by atoms with E-state index in [9.17, 15) is 0 Å². The smallest absolute Gasteiger partial charge is 0.146 e. The van der Waals surface area contributed by atoms with Crippen molar-refractivity contribution < 1.29 is 4.39 Å². The number of nitriles is 1. The molecule has 0 radical (unpaired) electrons. The fourth-order valence-electron chi connectivity index (χ4n) is 4.13. The molecule has 0 unspecified atom stereocenters. The lowest BCUT2D eigenvalue weighted by Crippen LogP contribution is -1.89. The molecule has 2 heteroatoms. The van der Waals surface area contributed by atoms with Crippen molar-refractivity contribution in [2.75, 3.05) is 0 Å². The van der Waals surface area contributed by atoms with E-state index < -0.39 is 0 Å². The van der Waals surface area contributed by atoms with E-state index in [1.165, 1.54) is 37.7 Å². The van der Waals surface area contributed by atoms with Crippen LogP contribution in [0.4, 0.5) is 4.39 Å². The van der Waals surface area contributed by atoms with Gasteiger partial charge in [-0.25, -0.2) is 4.39 Å². The van der Waals surface area contributed by atoms with Crippen molar-refractivity contribution in [1.82, 2.24) is 0 Å². The minimum Gasteiger partial charge on any atom is -0.205 e. The minimum absolute atomic E-state index is 0.302. The van der Waals surface area contributed by atoms with Gasteiger partial charge in [-0.15, -0.1) is 0 Å². The molecular formula is C32H28FN. The molecule has 0 N–H and O–H groups in total. The van der Waals surface area contributed by atoms with Gasteiger partial charge in [0.2, 0.25) is 0 Å². The number of nitrogens with zero attached hydrogens (tertiary/aromatic N) is 1. The number of benzene rings is 4. The average Bonchev–Trinajstić information content (AvgIpc) is 2.89. The molecule has 0 aliphatic heterocycles. The molecule has 0 saturated heterocycles. The average molecular weight is 446 g/mol. The van der Waals surface area contributed by atoms with Gasteiger partial charge in [0.1, 0.15) is 5.82 Å². The first kappa shape index (κ1) is 23.3. The molecule has 0 spiro atoms. The molecule has 0 aromatic heterocycles. The van der Waals surface area contributed by atoms with Gasteiger partial charge in [0.15, 0.2) is 0 Å². The predicted octanol–water partition coefficient (Wildman–Crippen LogP) is 8.43. The van der Waals surface area contributed by atoms with E-state index in [4.69, 9.17) is 5.26 Å². The second kappa shape index (κ2) is 11.3. The summed E-state index contributed by atoms with van der Waals surface area (Å²) in [6.07, 6.45) is 7.59. The quantitative estimate of drug-likeness (QED) is 0.207. The Hall–Kier alpha value is -3.88. The van der Waals surface area contributed by atoms with Gasteiger partial charge in [0.05, 0.1) is 17.2 Å². The molecule has 0 amide bonds. The van der Waals surface area contributed by atoms with Crippen molar-refractivity contribution in [3.63, 3.8) is 0 Å². The number of fused-ring (bicyclic) bond motifs is 1. The molecule has 1 nitrogen and oxygen atoms in total. The monoisotopic (exact) mass is 445 g/mol. The van der Waals surface area contributed by atoms with Gasteiger partial charge < -0.3 is 0 Å². The highest BCUT2D eigenvalue weighted by atomic mass is 19.1. The SMILES string of the molecule is CCCCCCCc1ccc(-c2ccc3c(F)c(C#Cc4ccc(C#N)cc4)ccc3c2)cc1. The lowest BCUT2D eigenvalue weighted by Gasteiger charge is -2.08. The van der Waals surface area contributed by atoms with Crippen LogP contribution >= 0.6 is 0 Å². The molecule has 168 valence electrons. The summed E-state index contributed by atoms with van der Waals surface area (Å²) in [7, 11) is 0. The molecule has 34 heavy (non-hydrogen) atoms. The zero-order valence-corrected chi connectivity index (χ0v) is 19.6. The van der Waals surface area contributed by atoms with E-state index in [0.29, 0.717) is 16.5 Å². The van der Waals surface area contributed by atoms with Crippen LogP contribution in [0, 0.1) is 29.0 Å². The number of unbranched alkanes of at least 4 members (excludes halogenated alkanes) is 4. The van der Waals surface area contributed by atoms with Crippen LogP contribution < -0.4 is 0 Å². The first-order valence-electron chi connectivity index (χ1n) is 12.0. The highest BCUT2D eigenvalue weighted by Gasteiger charge is 2.08. The van der Waals surface area contributed by atoms with Crippen LogP contribution in [0.1, 0.15) is 61.3 Å². The topological polar surface area (TPSA) is 23.8 Å². The Balaban J connectivity index is 1.49. The van der Waals surface area contributed by atoms with E-state index in [1.807, 2.05) is 24.3 Å². The van der Waals surface area contributed by atoms with Gasteiger partial charge in [0, 0.05) is 10.9 Å². The van der Waals surface area contributed by atoms with Crippen LogP contribution in [-0.4, -0.2) is 0 Å². The number of aryl methyl sites for hydroxylation is 1. The summed E-state index contributed by atoms with van der Waals surface area (Å²) in [4.78, 5) is 0. The van der Waals surface area contributed by atoms with E-state index in [1.54, 1.807) is 30.3 Å². The van der Waals surface area contributed by atoms with Crippen LogP contribution in [0.3, 0.4) is 0 Å². The molecule has 0 aliphatic rings. The lowest BCUT2D eigenvalue weighted by atomic mass is 9.97. The Morgan fingerprint density at radius 1 is 0.706 bits per heavy atom. The van der Waals surface area contributed by atoms with Crippen molar-refractivity contribution in [3.05, 3.63) is 107 Å². The van der Waals surface area contributed by atoms with Crippen molar-refractivity contribution >= 4 is 10.8 Å². The van der Waals surface area contributed by atoms with Gasteiger partial charge in [-0.05, 0) is 71.3 Å². The third kappa shape index (κ3) is 5.72. The van der Waals surface area contributed by atoms with Crippen molar-refractivity contribution in [2.24, 2.45) is 0 Å². The summed E-state index contributed by atoms with van der Waals surface area (Å²) in [5.41, 5.74) is 5.29. The molecule has 0 bridgehead atoms. The molecular weight excluding hydrogens is 417 g/mol. The Labute approximate surface area is 201 Å². The first-order valence-corrected chi connectivity index (χ1v) is 12.0. The summed E-state index contributed by atoms with van der Waals surface area (Å²) in [5, 5.41) is 10.3. The fourth-order valence-corrected chi connectivity index (χ4v) is 4.13. The molecule has 4 aromatic rings. The molecule has 4 rings (SSSR count). The molecule has 0 aliphatic carbocycles. The van der Waals surface area contributed by atoms with Crippen LogP contribution in [0.15, 0.2) is 78.9 Å². The number of rotatable bonds is 7. The summed E-state index contributed by atoms with van der Waals surface area (Å²) >= 11 is 0. The summed E-state index contributed by atoms with van der Waals surface area (Å²) in [5.74, 6) is 5.61. The maximum atomic E-state index is 15.1. The predicted molar refractivity (Wildman–Crippen MR) is 139 cm³/mol. The van der Waals surface area contributed by atoms with Crippen molar-refractivity contribution in [1.29, 1.82) is 5.26 Å². The number of halogens is 1. The Kier molecular flexibility index (Phi) is 7.75. The van der Waals surface area contributed by atoms with Crippen molar-refractivity contribution in [3.8, 4) is 29.0 Å². The zero-order valence-electron chi connectivity index (χ0n) is 19.6. The van der Waals surface area contributed by atoms with Gasteiger partial charge in [0.25, 0.3) is 0 Å². The summed E-state index contributed by atoms with van der Waals surface area (Å²) < 4.78 is 15.1. The Morgan fingerprint density at radius 2 is 1.41 bits per heavy atom. The van der Waals surface area contributed by atoms with Crippen LogP contribution in [0.5, 0.6) is 0 Å². The molecule has 4 aromatic carbocycles. The Bertz CT molecular complexity index is 1360. The van der Waals surface area contributed by atoms with Crippen molar-refractivity contribution in [2.45, 2.75) is 45.4 Å². The standard InChI is InChI=1S/C32H28FN/c1-2-3-4-5-6-7-24-12-15-27(16-13-24)29-20-21-31-30(22-29)19-18-28(32(31)33)17-14-25-8-10-26(23-34)11-9-25/h8-13,15-16,18-22H,2-7H2,1H3. The molecule has 0 heterocycles. The first-order chi connectivity index (χ1) is 16.7. The largest absolute Gasteiger partial charge is 0.205 e. The molecule has 0 atom stereocenters. The van der Waals surface area contributed by atoms with Gasteiger partial charge >= 0.3 is 0 Å². The van der Waals surface area contributed by atoms with E-state index in [2.05, 4.69) is 49.1 Å². The second-order valence-corrected chi connectivity index (χ2v) is 8.66. The van der Waals surface area contributed by atoms with Crippen LogP contribution in [-0.2, 0) is 6.42 Å². The Morgan fingerprint density at radius 3 is 2.15 bits per heavy atom. The van der Waals surface area contributed by atoms with Crippen LogP contribution in [0.2, 0.25) is 0 Å². The second-order valence-electron chi connectivity index (χ2n) is 8.66. The van der Waals surface area contributed by atoms with E-state index >= 15 is 4.39 Å². The normalized spacial score (nSPS) is 10.5. The third-order valence-corrected chi connectivity index (χ3v) is 6.17. The minimum atomic E-state index is -0.302. The highest BCUT2D eigenvalue weighted by Crippen LogP contribution is 2.28. The van der Waals surface area contributed by atoms with E-state index in [0.717, 1.165) is 28.5 Å². The maximum absolute atomic E-state index is 15.1. The number of hydrogen-bond acceptors (Lipinski definition) is 1. The van der Waals surface area contributed by atoms with Crippen LogP contribution in [0.25, 0.3) is 21.9 Å². The number of hydrogen-bond donors (Lipinski definition) is 0. The summed E-state index contributed by atoms with van der Waals surface area (Å²) in [6.45, 7) is 2.24. The van der Waals surface area contributed by atoms with E-state index in [-0.39, 0.29) is 5.82 Å². The summed E-state index contributed by atoms with van der Waals surface area (Å²) in [6, 6.07) is 27.3. The zero-order chi connectivity index (χ0) is 23.8.